The van der Waals surface area contributed by atoms with E-state index in [0.29, 0.717) is 12.5 Å². The zero-order chi connectivity index (χ0) is 11.8. The minimum atomic E-state index is 0.134. The van der Waals surface area contributed by atoms with Gasteiger partial charge in [-0.15, -0.1) is 0 Å². The van der Waals surface area contributed by atoms with Gasteiger partial charge in [-0.25, -0.2) is 0 Å². The summed E-state index contributed by atoms with van der Waals surface area (Å²) in [5.41, 5.74) is 9.47. The summed E-state index contributed by atoms with van der Waals surface area (Å²) >= 11 is 0. The van der Waals surface area contributed by atoms with E-state index in [1.54, 1.807) is 0 Å². The summed E-state index contributed by atoms with van der Waals surface area (Å²) in [6.07, 6.45) is 4.94. The van der Waals surface area contributed by atoms with Crippen molar-refractivity contribution in [2.75, 3.05) is 5.32 Å². The number of nitrogens with one attached hydrogen (secondary N) is 1. The Morgan fingerprint density at radius 3 is 2.88 bits per heavy atom. The van der Waals surface area contributed by atoms with Crippen LogP contribution in [0.4, 0.5) is 5.69 Å². The van der Waals surface area contributed by atoms with Crippen molar-refractivity contribution < 1.29 is 4.79 Å². The molecule has 0 bridgehead atoms. The van der Waals surface area contributed by atoms with E-state index in [2.05, 4.69) is 17.4 Å². The maximum atomic E-state index is 11.3. The minimum absolute atomic E-state index is 0.134. The average Bonchev–Trinajstić information content (AvgIpc) is 2.27. The molecule has 1 aromatic rings. The van der Waals surface area contributed by atoms with Gasteiger partial charge in [0, 0.05) is 18.2 Å². The molecule has 0 aromatic heterocycles. The number of hydrogen-bond donors (Lipinski definition) is 2. The van der Waals surface area contributed by atoms with Crippen molar-refractivity contribution in [3.63, 3.8) is 0 Å². The Kier molecular flexibility index (Phi) is 2.63. The van der Waals surface area contributed by atoms with Gasteiger partial charge >= 0.3 is 0 Å². The molecule has 1 aliphatic heterocycles. The molecule has 1 amide bonds. The van der Waals surface area contributed by atoms with Crippen molar-refractivity contribution >= 4 is 11.6 Å². The summed E-state index contributed by atoms with van der Waals surface area (Å²) in [7, 11) is 0. The number of carbonyl (C=O) groups excluding carboxylic acids is 1. The fourth-order valence-electron chi connectivity index (χ4n) is 2.85. The van der Waals surface area contributed by atoms with Gasteiger partial charge in [-0.1, -0.05) is 12.1 Å². The maximum Gasteiger partial charge on any atom is 0.224 e. The second-order valence-corrected chi connectivity index (χ2v) is 5.34. The van der Waals surface area contributed by atoms with Gasteiger partial charge in [0.05, 0.1) is 0 Å². The quantitative estimate of drug-likeness (QED) is 0.814. The summed E-state index contributed by atoms with van der Waals surface area (Å²) in [5, 5.41) is 2.92. The highest BCUT2D eigenvalue weighted by Gasteiger charge is 2.26. The summed E-state index contributed by atoms with van der Waals surface area (Å²) in [4.78, 5) is 11.3. The number of rotatable bonds is 2. The highest BCUT2D eigenvalue weighted by atomic mass is 16.1. The van der Waals surface area contributed by atoms with Crippen LogP contribution in [0, 0.1) is 5.92 Å². The highest BCUT2D eigenvalue weighted by molar-refractivity contribution is 5.93. The number of fused-ring (bicyclic) bond motifs is 1. The molecule has 3 rings (SSSR count). The standard InChI is InChI=1S/C14H18N2O/c15-12-7-10(8-12)5-9-1-3-13-11(6-9)2-4-14(17)16-13/h1,3,6,10,12H,2,4-5,7-8,15H2,(H,16,17). The first kappa shape index (κ1) is 10.8. The molecule has 1 fully saturated rings. The molecular weight excluding hydrogens is 212 g/mol. The van der Waals surface area contributed by atoms with Crippen LogP contribution >= 0.6 is 0 Å². The van der Waals surface area contributed by atoms with Crippen LogP contribution in [0.5, 0.6) is 0 Å². The van der Waals surface area contributed by atoms with Crippen molar-refractivity contribution in [2.24, 2.45) is 11.7 Å². The lowest BCUT2D eigenvalue weighted by Gasteiger charge is -2.32. The minimum Gasteiger partial charge on any atom is -0.328 e. The van der Waals surface area contributed by atoms with E-state index in [-0.39, 0.29) is 5.91 Å². The SMILES string of the molecule is NC1CC(Cc2ccc3c(c2)CCC(=O)N3)C1. The topological polar surface area (TPSA) is 55.1 Å². The van der Waals surface area contributed by atoms with Crippen LogP contribution in [-0.4, -0.2) is 11.9 Å². The van der Waals surface area contributed by atoms with Gasteiger partial charge in [0.25, 0.3) is 0 Å². The van der Waals surface area contributed by atoms with Crippen LogP contribution in [0.1, 0.15) is 30.4 Å². The molecule has 1 saturated carbocycles. The fourth-order valence-corrected chi connectivity index (χ4v) is 2.85. The maximum absolute atomic E-state index is 11.3. The molecule has 1 aliphatic carbocycles. The molecule has 0 atom stereocenters. The van der Waals surface area contributed by atoms with E-state index in [4.69, 9.17) is 5.73 Å². The van der Waals surface area contributed by atoms with Crippen LogP contribution in [0.25, 0.3) is 0 Å². The Morgan fingerprint density at radius 2 is 2.12 bits per heavy atom. The summed E-state index contributed by atoms with van der Waals surface area (Å²) in [6.45, 7) is 0. The first-order valence-electron chi connectivity index (χ1n) is 6.38. The Bertz CT molecular complexity index is 450. The van der Waals surface area contributed by atoms with Crippen molar-refractivity contribution in [1.82, 2.24) is 0 Å². The van der Waals surface area contributed by atoms with Crippen LogP contribution < -0.4 is 11.1 Å². The van der Waals surface area contributed by atoms with Crippen molar-refractivity contribution in [2.45, 2.75) is 38.1 Å². The first-order chi connectivity index (χ1) is 8.20. The van der Waals surface area contributed by atoms with Gasteiger partial charge in [-0.3, -0.25) is 4.79 Å². The van der Waals surface area contributed by atoms with Crippen molar-refractivity contribution in [3.8, 4) is 0 Å². The molecule has 17 heavy (non-hydrogen) atoms. The zero-order valence-corrected chi connectivity index (χ0v) is 9.91. The summed E-state index contributed by atoms with van der Waals surface area (Å²) < 4.78 is 0. The number of aryl methyl sites for hydroxylation is 1. The summed E-state index contributed by atoms with van der Waals surface area (Å²) in [5.74, 6) is 0.899. The van der Waals surface area contributed by atoms with E-state index in [0.717, 1.165) is 37.3 Å². The Labute approximate surface area is 101 Å². The number of amides is 1. The van der Waals surface area contributed by atoms with Gasteiger partial charge in [0.1, 0.15) is 0 Å². The molecular formula is C14H18N2O. The van der Waals surface area contributed by atoms with Crippen LogP contribution in [0.15, 0.2) is 18.2 Å². The molecule has 3 N–H and O–H groups in total. The monoisotopic (exact) mass is 230 g/mol. The molecule has 0 radical (unpaired) electrons. The lowest BCUT2D eigenvalue weighted by molar-refractivity contribution is -0.116. The Hall–Kier alpha value is -1.35. The molecule has 1 heterocycles. The second kappa shape index (κ2) is 4.15. The van der Waals surface area contributed by atoms with Gasteiger partial charge in [0.2, 0.25) is 5.91 Å². The smallest absolute Gasteiger partial charge is 0.224 e. The number of anilines is 1. The van der Waals surface area contributed by atoms with Crippen LogP contribution in [-0.2, 0) is 17.6 Å². The molecule has 2 aliphatic rings. The molecule has 1 aromatic carbocycles. The lowest BCUT2D eigenvalue weighted by Crippen LogP contribution is -2.37. The molecule has 3 nitrogen and oxygen atoms in total. The number of benzene rings is 1. The van der Waals surface area contributed by atoms with Gasteiger partial charge in [0.15, 0.2) is 0 Å². The van der Waals surface area contributed by atoms with Crippen molar-refractivity contribution in [1.29, 1.82) is 0 Å². The largest absolute Gasteiger partial charge is 0.328 e. The Morgan fingerprint density at radius 1 is 1.29 bits per heavy atom. The molecule has 0 unspecified atom stereocenters. The summed E-state index contributed by atoms with van der Waals surface area (Å²) in [6, 6.07) is 6.85. The normalized spacial score (nSPS) is 27.0. The fraction of sp³-hybridized carbons (Fsp3) is 0.500. The Balaban J connectivity index is 1.72. The van der Waals surface area contributed by atoms with Gasteiger partial charge in [-0.05, 0) is 48.8 Å². The average molecular weight is 230 g/mol. The van der Waals surface area contributed by atoms with Gasteiger partial charge in [-0.2, -0.15) is 0 Å². The van der Waals surface area contributed by atoms with E-state index < -0.39 is 0 Å². The van der Waals surface area contributed by atoms with Crippen LogP contribution in [0.3, 0.4) is 0 Å². The van der Waals surface area contributed by atoms with Crippen LogP contribution in [0.2, 0.25) is 0 Å². The predicted octanol–water partition coefficient (Wildman–Crippen LogP) is 1.85. The molecule has 90 valence electrons. The van der Waals surface area contributed by atoms with E-state index >= 15 is 0 Å². The van der Waals surface area contributed by atoms with E-state index in [1.165, 1.54) is 11.1 Å². The highest BCUT2D eigenvalue weighted by Crippen LogP contribution is 2.31. The number of carbonyl (C=O) groups is 1. The van der Waals surface area contributed by atoms with Gasteiger partial charge < -0.3 is 11.1 Å². The second-order valence-electron chi connectivity index (χ2n) is 5.34. The van der Waals surface area contributed by atoms with E-state index in [9.17, 15) is 4.79 Å². The van der Waals surface area contributed by atoms with E-state index in [1.807, 2.05) is 6.07 Å². The third-order valence-corrected chi connectivity index (χ3v) is 3.86. The predicted molar refractivity (Wildman–Crippen MR) is 67.8 cm³/mol. The number of nitrogens with two attached hydrogens (primary N) is 1. The first-order valence-corrected chi connectivity index (χ1v) is 6.38. The third-order valence-electron chi connectivity index (χ3n) is 3.86. The zero-order valence-electron chi connectivity index (χ0n) is 9.91. The third kappa shape index (κ3) is 2.20. The number of hydrogen-bond acceptors (Lipinski definition) is 2. The molecule has 0 spiro atoms. The lowest BCUT2D eigenvalue weighted by atomic mass is 9.77. The molecule has 3 heteroatoms. The molecule has 0 saturated heterocycles. The van der Waals surface area contributed by atoms with Crippen molar-refractivity contribution in [3.05, 3.63) is 29.3 Å².